The van der Waals surface area contributed by atoms with Gasteiger partial charge in [0.1, 0.15) is 12.2 Å². The van der Waals surface area contributed by atoms with Gasteiger partial charge in [-0.3, -0.25) is 9.59 Å². The van der Waals surface area contributed by atoms with E-state index in [9.17, 15) is 9.59 Å². The van der Waals surface area contributed by atoms with Gasteiger partial charge in [-0.2, -0.15) is 4.98 Å². The van der Waals surface area contributed by atoms with Crippen molar-refractivity contribution < 1.29 is 23.8 Å². The number of amides is 2. The second-order valence-electron chi connectivity index (χ2n) is 5.38. The van der Waals surface area contributed by atoms with Crippen LogP contribution in [0.3, 0.4) is 0 Å². The van der Waals surface area contributed by atoms with Crippen LogP contribution in [0, 0.1) is 6.92 Å². The minimum Gasteiger partial charge on any atom is -0.481 e. The summed E-state index contributed by atoms with van der Waals surface area (Å²) >= 11 is 0. The number of nitrogens with one attached hydrogen (secondary N) is 2. The summed E-state index contributed by atoms with van der Waals surface area (Å²) in [7, 11) is 4.37. The Kier molecular flexibility index (Phi) is 6.51. The Morgan fingerprint density at radius 1 is 1.04 bits per heavy atom. The van der Waals surface area contributed by atoms with Gasteiger partial charge >= 0.3 is 0 Å². The van der Waals surface area contributed by atoms with E-state index in [4.69, 9.17) is 14.2 Å². The third-order valence-electron chi connectivity index (χ3n) is 3.52. The molecule has 0 fully saturated rings. The van der Waals surface area contributed by atoms with E-state index in [-0.39, 0.29) is 29.9 Å². The van der Waals surface area contributed by atoms with E-state index in [2.05, 4.69) is 15.6 Å². The Hall–Kier alpha value is -3.13. The van der Waals surface area contributed by atoms with Crippen molar-refractivity contribution in [2.24, 2.45) is 0 Å². The molecule has 138 valence electrons. The number of rotatable bonds is 7. The molecular weight excluding hydrogens is 338 g/mol. The summed E-state index contributed by atoms with van der Waals surface area (Å²) < 4.78 is 14.9. The van der Waals surface area contributed by atoms with Crippen LogP contribution in [0.2, 0.25) is 0 Å². The fourth-order valence-corrected chi connectivity index (χ4v) is 2.26. The summed E-state index contributed by atoms with van der Waals surface area (Å²) in [5.74, 6) is -0.0959. The second kappa shape index (κ2) is 8.82. The minimum atomic E-state index is -0.368. The number of nitrogens with zero attached hydrogens (tertiary/aromatic N) is 1. The fraction of sp³-hybridized carbons (Fsp3) is 0.278. The summed E-state index contributed by atoms with van der Waals surface area (Å²) in [4.78, 5) is 28.2. The Morgan fingerprint density at radius 2 is 1.81 bits per heavy atom. The maximum atomic E-state index is 12.5. The number of hydrogen-bond donors (Lipinski definition) is 2. The molecule has 26 heavy (non-hydrogen) atoms. The lowest BCUT2D eigenvalue weighted by atomic mass is 10.1. The maximum absolute atomic E-state index is 12.5. The maximum Gasteiger partial charge on any atom is 0.261 e. The molecule has 8 heteroatoms. The highest BCUT2D eigenvalue weighted by molar-refractivity contribution is 6.06. The van der Waals surface area contributed by atoms with Crippen molar-refractivity contribution in [2.75, 3.05) is 38.6 Å². The number of anilines is 2. The SMILES string of the molecule is COCC(=O)Nc1ccc(NC(=O)c2ccc(OC)nc2OC)cc1C. The van der Waals surface area contributed by atoms with Crippen LogP contribution in [-0.4, -0.2) is 44.7 Å². The van der Waals surface area contributed by atoms with Crippen LogP contribution in [-0.2, 0) is 9.53 Å². The van der Waals surface area contributed by atoms with E-state index >= 15 is 0 Å². The summed E-state index contributed by atoms with van der Waals surface area (Å²) in [6.45, 7) is 1.80. The number of carbonyl (C=O) groups is 2. The Balaban J connectivity index is 2.14. The molecule has 1 aromatic heterocycles. The van der Waals surface area contributed by atoms with Crippen LogP contribution in [0.15, 0.2) is 30.3 Å². The average molecular weight is 359 g/mol. The van der Waals surface area contributed by atoms with Gasteiger partial charge in [-0.25, -0.2) is 0 Å². The van der Waals surface area contributed by atoms with Gasteiger partial charge in [0.25, 0.3) is 5.91 Å². The number of aryl methyl sites for hydroxylation is 1. The predicted octanol–water partition coefficient (Wildman–Crippen LogP) is 2.24. The lowest BCUT2D eigenvalue weighted by Gasteiger charge is -2.12. The molecule has 0 bridgehead atoms. The van der Waals surface area contributed by atoms with E-state index in [1.54, 1.807) is 30.3 Å². The van der Waals surface area contributed by atoms with Gasteiger partial charge in [0.15, 0.2) is 0 Å². The van der Waals surface area contributed by atoms with Gasteiger partial charge in [-0.05, 0) is 36.8 Å². The Morgan fingerprint density at radius 3 is 2.42 bits per heavy atom. The van der Waals surface area contributed by atoms with E-state index < -0.39 is 0 Å². The van der Waals surface area contributed by atoms with Crippen LogP contribution in [0.5, 0.6) is 11.8 Å². The molecule has 2 rings (SSSR count). The fourth-order valence-electron chi connectivity index (χ4n) is 2.26. The molecule has 0 aliphatic rings. The highest BCUT2D eigenvalue weighted by atomic mass is 16.5. The van der Waals surface area contributed by atoms with Gasteiger partial charge in [-0.1, -0.05) is 0 Å². The molecule has 2 aromatic rings. The molecule has 0 atom stereocenters. The van der Waals surface area contributed by atoms with Crippen molar-refractivity contribution in [3.05, 3.63) is 41.5 Å². The zero-order valence-corrected chi connectivity index (χ0v) is 15.1. The lowest BCUT2D eigenvalue weighted by Crippen LogP contribution is -2.18. The van der Waals surface area contributed by atoms with Crippen molar-refractivity contribution in [3.8, 4) is 11.8 Å². The number of ether oxygens (including phenoxy) is 3. The van der Waals surface area contributed by atoms with Crippen molar-refractivity contribution in [1.29, 1.82) is 0 Å². The first kappa shape index (κ1) is 19.2. The first-order valence-electron chi connectivity index (χ1n) is 7.78. The first-order valence-corrected chi connectivity index (χ1v) is 7.78. The molecule has 8 nitrogen and oxygen atoms in total. The van der Waals surface area contributed by atoms with Crippen LogP contribution in [0.25, 0.3) is 0 Å². The lowest BCUT2D eigenvalue weighted by molar-refractivity contribution is -0.119. The number of pyridine rings is 1. The molecular formula is C18H21N3O5. The molecule has 0 unspecified atom stereocenters. The second-order valence-corrected chi connectivity index (χ2v) is 5.38. The van der Waals surface area contributed by atoms with Crippen molar-refractivity contribution in [1.82, 2.24) is 4.98 Å². The van der Waals surface area contributed by atoms with E-state index in [0.29, 0.717) is 17.3 Å². The molecule has 2 N–H and O–H groups in total. The van der Waals surface area contributed by atoms with Gasteiger partial charge in [-0.15, -0.1) is 0 Å². The summed E-state index contributed by atoms with van der Waals surface area (Å²) in [5, 5.41) is 5.51. The quantitative estimate of drug-likeness (QED) is 0.787. The standard InChI is InChI=1S/C18H21N3O5/c1-11-9-12(5-7-14(11)20-15(22)10-24-2)19-17(23)13-6-8-16(25-3)21-18(13)26-4/h5-9H,10H2,1-4H3,(H,19,23)(H,20,22). The van der Waals surface area contributed by atoms with Gasteiger partial charge in [0.05, 0.1) is 14.2 Å². The monoisotopic (exact) mass is 359 g/mol. The van der Waals surface area contributed by atoms with E-state index in [0.717, 1.165) is 5.56 Å². The van der Waals surface area contributed by atoms with Gasteiger partial charge in [0.2, 0.25) is 17.7 Å². The molecule has 0 saturated heterocycles. The molecule has 0 radical (unpaired) electrons. The molecule has 2 amide bonds. The van der Waals surface area contributed by atoms with Crippen molar-refractivity contribution in [2.45, 2.75) is 6.92 Å². The molecule has 0 spiro atoms. The number of hydrogen-bond acceptors (Lipinski definition) is 6. The normalized spacial score (nSPS) is 10.2. The van der Waals surface area contributed by atoms with Crippen molar-refractivity contribution >= 4 is 23.2 Å². The minimum absolute atomic E-state index is 0.0256. The zero-order valence-electron chi connectivity index (χ0n) is 15.1. The van der Waals surface area contributed by atoms with Crippen LogP contribution in [0.1, 0.15) is 15.9 Å². The van der Waals surface area contributed by atoms with Crippen LogP contribution < -0.4 is 20.1 Å². The summed E-state index contributed by atoms with van der Waals surface area (Å²) in [6, 6.07) is 8.31. The highest BCUT2D eigenvalue weighted by Crippen LogP contribution is 2.23. The molecule has 0 saturated carbocycles. The molecule has 1 aromatic carbocycles. The number of carbonyl (C=O) groups excluding carboxylic acids is 2. The van der Waals surface area contributed by atoms with Crippen molar-refractivity contribution in [3.63, 3.8) is 0 Å². The summed E-state index contributed by atoms with van der Waals surface area (Å²) in [6.07, 6.45) is 0. The third-order valence-corrected chi connectivity index (χ3v) is 3.52. The third kappa shape index (κ3) is 4.70. The molecule has 1 heterocycles. The number of benzene rings is 1. The largest absolute Gasteiger partial charge is 0.481 e. The van der Waals surface area contributed by atoms with Crippen LogP contribution >= 0.6 is 0 Å². The average Bonchev–Trinajstić information content (AvgIpc) is 2.63. The van der Waals surface area contributed by atoms with Gasteiger partial charge in [0, 0.05) is 24.6 Å². The van der Waals surface area contributed by atoms with Gasteiger partial charge < -0.3 is 24.8 Å². The van der Waals surface area contributed by atoms with E-state index in [1.165, 1.54) is 21.3 Å². The predicted molar refractivity (Wildman–Crippen MR) is 97.0 cm³/mol. The Bertz CT molecular complexity index is 807. The zero-order chi connectivity index (χ0) is 19.1. The number of methoxy groups -OCH3 is 3. The smallest absolute Gasteiger partial charge is 0.261 e. The number of aromatic nitrogens is 1. The Labute approximate surface area is 151 Å². The molecule has 0 aliphatic carbocycles. The summed E-state index contributed by atoms with van der Waals surface area (Å²) in [5.41, 5.74) is 2.30. The topological polar surface area (TPSA) is 98.8 Å². The first-order chi connectivity index (χ1) is 12.5. The highest BCUT2D eigenvalue weighted by Gasteiger charge is 2.15. The van der Waals surface area contributed by atoms with Crippen LogP contribution in [0.4, 0.5) is 11.4 Å². The molecule has 0 aliphatic heterocycles. The van der Waals surface area contributed by atoms with E-state index in [1.807, 2.05) is 6.92 Å².